The highest BCUT2D eigenvalue weighted by atomic mass is 16.4. The number of rotatable bonds is 6. The summed E-state index contributed by atoms with van der Waals surface area (Å²) in [5, 5.41) is 17.8. The maximum atomic E-state index is 10.1. The van der Waals surface area contributed by atoms with Gasteiger partial charge in [-0.3, -0.25) is 4.79 Å². The Labute approximate surface area is 150 Å². The lowest BCUT2D eigenvalue weighted by Gasteiger charge is -2.23. The summed E-state index contributed by atoms with van der Waals surface area (Å²) in [7, 11) is 0. The first kappa shape index (κ1) is 19.3. The molecule has 25 heavy (non-hydrogen) atoms. The summed E-state index contributed by atoms with van der Waals surface area (Å²) in [5.41, 5.74) is 3.01. The zero-order valence-electron chi connectivity index (χ0n) is 15.1. The summed E-state index contributed by atoms with van der Waals surface area (Å²) >= 11 is 0. The van der Waals surface area contributed by atoms with E-state index in [1.807, 2.05) is 19.1 Å². The summed E-state index contributed by atoms with van der Waals surface area (Å²) in [4.78, 5) is 9.37. The van der Waals surface area contributed by atoms with Crippen LogP contribution in [0.15, 0.2) is 48.8 Å². The molecule has 4 heteroatoms. The van der Waals surface area contributed by atoms with Crippen molar-refractivity contribution in [1.29, 1.82) is 0 Å². The SMILES string of the molecule is CCC(=O)O.C[C@@H](O)[C@@H](CC1Cc2ccccc2C1)Cn1cccc1. The van der Waals surface area contributed by atoms with Gasteiger partial charge in [0.2, 0.25) is 0 Å². The van der Waals surface area contributed by atoms with E-state index in [1.165, 1.54) is 24.0 Å². The van der Waals surface area contributed by atoms with Crippen molar-refractivity contribution in [3.05, 3.63) is 59.9 Å². The summed E-state index contributed by atoms with van der Waals surface area (Å²) < 4.78 is 2.18. The molecule has 1 aromatic carbocycles. The van der Waals surface area contributed by atoms with Gasteiger partial charge in [0.1, 0.15) is 0 Å². The van der Waals surface area contributed by atoms with E-state index in [-0.39, 0.29) is 12.5 Å². The van der Waals surface area contributed by atoms with Crippen molar-refractivity contribution in [3.8, 4) is 0 Å². The molecule has 1 aromatic heterocycles. The molecule has 1 heterocycles. The Morgan fingerprint density at radius 3 is 2.12 bits per heavy atom. The van der Waals surface area contributed by atoms with Gasteiger partial charge in [0.05, 0.1) is 6.10 Å². The minimum Gasteiger partial charge on any atom is -0.481 e. The topological polar surface area (TPSA) is 62.5 Å². The number of aliphatic carboxylic acids is 1. The molecule has 0 spiro atoms. The fraction of sp³-hybridized carbons (Fsp3) is 0.476. The smallest absolute Gasteiger partial charge is 0.303 e. The van der Waals surface area contributed by atoms with Crippen LogP contribution in [0.4, 0.5) is 0 Å². The van der Waals surface area contributed by atoms with Gasteiger partial charge in [0.15, 0.2) is 0 Å². The molecule has 2 N–H and O–H groups in total. The Balaban J connectivity index is 0.000000399. The van der Waals surface area contributed by atoms with Crippen LogP contribution in [0.5, 0.6) is 0 Å². The average molecular weight is 343 g/mol. The first-order valence-electron chi connectivity index (χ1n) is 9.07. The number of benzene rings is 1. The van der Waals surface area contributed by atoms with Crippen molar-refractivity contribution >= 4 is 5.97 Å². The van der Waals surface area contributed by atoms with Gasteiger partial charge in [0, 0.05) is 31.3 Å². The Kier molecular flexibility index (Phi) is 7.26. The predicted molar refractivity (Wildman–Crippen MR) is 99.5 cm³/mol. The van der Waals surface area contributed by atoms with Crippen molar-refractivity contribution in [3.63, 3.8) is 0 Å². The molecule has 0 amide bonds. The van der Waals surface area contributed by atoms with Gasteiger partial charge in [-0.1, -0.05) is 31.2 Å². The molecular weight excluding hydrogens is 314 g/mol. The van der Waals surface area contributed by atoms with Gasteiger partial charge in [-0.15, -0.1) is 0 Å². The fourth-order valence-corrected chi connectivity index (χ4v) is 3.43. The number of aromatic nitrogens is 1. The lowest BCUT2D eigenvalue weighted by atomic mass is 9.89. The highest BCUT2D eigenvalue weighted by Gasteiger charge is 2.26. The van der Waals surface area contributed by atoms with Crippen molar-refractivity contribution in [2.24, 2.45) is 11.8 Å². The summed E-state index contributed by atoms with van der Waals surface area (Å²) in [6.45, 7) is 4.44. The monoisotopic (exact) mass is 343 g/mol. The van der Waals surface area contributed by atoms with E-state index in [0.717, 1.165) is 13.0 Å². The molecule has 0 saturated heterocycles. The lowest BCUT2D eigenvalue weighted by molar-refractivity contribution is -0.136. The van der Waals surface area contributed by atoms with Crippen LogP contribution < -0.4 is 0 Å². The number of hydrogen-bond donors (Lipinski definition) is 2. The maximum Gasteiger partial charge on any atom is 0.303 e. The van der Waals surface area contributed by atoms with Gasteiger partial charge < -0.3 is 14.8 Å². The van der Waals surface area contributed by atoms with Crippen LogP contribution >= 0.6 is 0 Å². The molecule has 0 saturated carbocycles. The molecule has 0 radical (unpaired) electrons. The maximum absolute atomic E-state index is 10.1. The van der Waals surface area contributed by atoms with E-state index in [4.69, 9.17) is 5.11 Å². The molecule has 4 nitrogen and oxygen atoms in total. The number of hydrogen-bond acceptors (Lipinski definition) is 2. The first-order valence-corrected chi connectivity index (χ1v) is 9.07. The lowest BCUT2D eigenvalue weighted by Crippen LogP contribution is -2.25. The summed E-state index contributed by atoms with van der Waals surface area (Å²) in [5.74, 6) is 0.272. The van der Waals surface area contributed by atoms with E-state index in [9.17, 15) is 9.90 Å². The second-order valence-electron chi connectivity index (χ2n) is 6.91. The zero-order valence-corrected chi connectivity index (χ0v) is 15.1. The third-order valence-electron chi connectivity index (χ3n) is 4.87. The zero-order chi connectivity index (χ0) is 18.2. The number of carboxylic acids is 1. The number of aliphatic hydroxyl groups excluding tert-OH is 1. The van der Waals surface area contributed by atoms with Crippen LogP contribution in [0.25, 0.3) is 0 Å². The molecule has 1 aliphatic rings. The molecule has 136 valence electrons. The van der Waals surface area contributed by atoms with Gasteiger partial charge in [-0.25, -0.2) is 0 Å². The molecule has 2 atom stereocenters. The first-order chi connectivity index (χ1) is 12.0. The van der Waals surface area contributed by atoms with Crippen LogP contribution in [0.2, 0.25) is 0 Å². The normalized spacial score (nSPS) is 15.8. The van der Waals surface area contributed by atoms with E-state index < -0.39 is 5.97 Å². The fourth-order valence-electron chi connectivity index (χ4n) is 3.43. The van der Waals surface area contributed by atoms with Gasteiger partial charge in [0.25, 0.3) is 0 Å². The van der Waals surface area contributed by atoms with Gasteiger partial charge >= 0.3 is 5.97 Å². The van der Waals surface area contributed by atoms with Crippen LogP contribution in [0.3, 0.4) is 0 Å². The van der Waals surface area contributed by atoms with Crippen molar-refractivity contribution < 1.29 is 15.0 Å². The Hall–Kier alpha value is -2.07. The number of carboxylic acid groups (broad SMARTS) is 1. The quantitative estimate of drug-likeness (QED) is 0.839. The van der Waals surface area contributed by atoms with Crippen LogP contribution in [-0.4, -0.2) is 26.9 Å². The predicted octanol–water partition coefficient (Wildman–Crippen LogP) is 3.77. The van der Waals surface area contributed by atoms with Gasteiger partial charge in [-0.2, -0.15) is 0 Å². The summed E-state index contributed by atoms with van der Waals surface area (Å²) in [6, 6.07) is 12.9. The molecule has 0 fully saturated rings. The van der Waals surface area contributed by atoms with Crippen LogP contribution in [0, 0.1) is 11.8 Å². The van der Waals surface area contributed by atoms with E-state index in [2.05, 4.69) is 41.2 Å². The largest absolute Gasteiger partial charge is 0.481 e. The molecule has 1 aliphatic carbocycles. The highest BCUT2D eigenvalue weighted by molar-refractivity contribution is 5.66. The van der Waals surface area contributed by atoms with E-state index in [0.29, 0.717) is 11.8 Å². The third kappa shape index (κ3) is 6.05. The number of aliphatic hydroxyl groups is 1. The molecular formula is C21H29NO3. The minimum atomic E-state index is -0.745. The summed E-state index contributed by atoms with van der Waals surface area (Å²) in [6.07, 6.45) is 7.58. The third-order valence-corrected chi connectivity index (χ3v) is 4.87. The molecule has 3 rings (SSSR count). The minimum absolute atomic E-state index is 0.222. The second kappa shape index (κ2) is 9.42. The molecule has 0 aliphatic heterocycles. The standard InChI is InChI=1S/C18H23NO.C3H6O2/c1-14(20)18(13-19-8-4-5-9-19)12-15-10-16-6-2-3-7-17(16)11-15;1-2-3(4)5/h2-9,14-15,18,20H,10-13H2,1H3;2H2,1H3,(H,4,5)/t14-,18+;/m1./s1. The average Bonchev–Trinajstić information content (AvgIpc) is 3.23. The Bertz CT molecular complexity index is 624. The molecule has 2 aromatic rings. The molecule has 0 bridgehead atoms. The van der Waals surface area contributed by atoms with Crippen molar-refractivity contribution in [2.45, 2.75) is 52.2 Å². The number of carbonyl (C=O) groups is 1. The van der Waals surface area contributed by atoms with Crippen molar-refractivity contribution in [2.75, 3.05) is 0 Å². The number of nitrogens with zero attached hydrogens (tertiary/aromatic N) is 1. The highest BCUT2D eigenvalue weighted by Crippen LogP contribution is 2.32. The molecule has 0 unspecified atom stereocenters. The second-order valence-corrected chi connectivity index (χ2v) is 6.91. The van der Waals surface area contributed by atoms with Crippen LogP contribution in [0.1, 0.15) is 37.8 Å². The van der Waals surface area contributed by atoms with Gasteiger partial charge in [-0.05, 0) is 55.4 Å². The Morgan fingerprint density at radius 1 is 1.16 bits per heavy atom. The van der Waals surface area contributed by atoms with Crippen LogP contribution in [-0.2, 0) is 24.2 Å². The number of fused-ring (bicyclic) bond motifs is 1. The van der Waals surface area contributed by atoms with E-state index in [1.54, 1.807) is 6.92 Å². The van der Waals surface area contributed by atoms with E-state index >= 15 is 0 Å². The Morgan fingerprint density at radius 2 is 1.68 bits per heavy atom. The van der Waals surface area contributed by atoms with Crippen molar-refractivity contribution in [1.82, 2.24) is 4.57 Å².